The fourth-order valence-electron chi connectivity index (χ4n) is 2.63. The van der Waals surface area contributed by atoms with Crippen LogP contribution in [0.15, 0.2) is 24.3 Å². The lowest BCUT2D eigenvalue weighted by molar-refractivity contribution is 0.110. The number of nitrogens with two attached hydrogens (primary N) is 1. The van der Waals surface area contributed by atoms with Crippen LogP contribution in [0.2, 0.25) is 0 Å². The van der Waals surface area contributed by atoms with Crippen molar-refractivity contribution in [2.75, 3.05) is 20.3 Å². The average Bonchev–Trinajstić information content (AvgIpc) is 2.51. The van der Waals surface area contributed by atoms with Crippen molar-refractivity contribution in [3.63, 3.8) is 0 Å². The van der Waals surface area contributed by atoms with E-state index in [-0.39, 0.29) is 6.10 Å². The topological polar surface area (TPSA) is 44.5 Å². The Balaban J connectivity index is 2.55. The van der Waals surface area contributed by atoms with Gasteiger partial charge in [-0.25, -0.2) is 0 Å². The summed E-state index contributed by atoms with van der Waals surface area (Å²) in [7, 11) is 1.71. The van der Waals surface area contributed by atoms with Gasteiger partial charge in [0.15, 0.2) is 0 Å². The van der Waals surface area contributed by atoms with Crippen LogP contribution in [0.25, 0.3) is 0 Å². The lowest BCUT2D eigenvalue weighted by atomic mass is 9.99. The molecule has 0 unspecified atom stereocenters. The fraction of sp³-hybridized carbons (Fsp3) is 0.667. The van der Waals surface area contributed by atoms with E-state index in [0.717, 1.165) is 18.8 Å². The molecule has 0 saturated carbocycles. The minimum Gasteiger partial charge on any atom is -0.493 e. The molecule has 3 heteroatoms. The smallest absolute Gasteiger partial charge is 0.119 e. The molecule has 2 N–H and O–H groups in total. The van der Waals surface area contributed by atoms with Crippen molar-refractivity contribution in [3.05, 3.63) is 29.8 Å². The number of rotatable bonds is 11. The summed E-state index contributed by atoms with van der Waals surface area (Å²) < 4.78 is 11.3. The predicted octanol–water partition coefficient (Wildman–Crippen LogP) is 3.80. The van der Waals surface area contributed by atoms with Crippen molar-refractivity contribution in [2.24, 2.45) is 11.7 Å². The van der Waals surface area contributed by atoms with Crippen LogP contribution in [0.3, 0.4) is 0 Å². The second kappa shape index (κ2) is 10.6. The third-order valence-corrected chi connectivity index (χ3v) is 3.84. The maximum absolute atomic E-state index is 5.99. The second-order valence-electron chi connectivity index (χ2n) is 5.70. The van der Waals surface area contributed by atoms with Gasteiger partial charge in [0.25, 0.3) is 0 Å². The van der Waals surface area contributed by atoms with Gasteiger partial charge in [-0.2, -0.15) is 0 Å². The van der Waals surface area contributed by atoms with Crippen LogP contribution in [0.4, 0.5) is 0 Å². The summed E-state index contributed by atoms with van der Waals surface area (Å²) in [4.78, 5) is 0. The summed E-state index contributed by atoms with van der Waals surface area (Å²) in [6.45, 7) is 5.83. The Morgan fingerprint density at radius 3 is 2.43 bits per heavy atom. The second-order valence-corrected chi connectivity index (χ2v) is 5.70. The number of ether oxygens (including phenoxy) is 2. The van der Waals surface area contributed by atoms with Crippen LogP contribution in [-0.2, 0) is 11.2 Å². The lowest BCUT2D eigenvalue weighted by Gasteiger charge is -2.17. The Morgan fingerprint density at radius 2 is 1.86 bits per heavy atom. The lowest BCUT2D eigenvalue weighted by Crippen LogP contribution is -2.24. The van der Waals surface area contributed by atoms with E-state index in [9.17, 15) is 0 Å². The van der Waals surface area contributed by atoms with Crippen molar-refractivity contribution < 1.29 is 9.47 Å². The first kappa shape index (κ1) is 18.0. The zero-order valence-electron chi connectivity index (χ0n) is 13.8. The van der Waals surface area contributed by atoms with Gasteiger partial charge < -0.3 is 15.2 Å². The highest BCUT2D eigenvalue weighted by atomic mass is 16.5. The standard InChI is InChI=1S/C18H31NO2/c1-4-7-15(8-5-2)14-21-17-10-6-9-16(11-17)12-18(13-19)20-3/h6,9-11,15,18H,4-5,7-8,12-14,19H2,1-3H3/t18-/m1/s1. The molecular formula is C18H31NO2. The van der Waals surface area contributed by atoms with Gasteiger partial charge in [-0.05, 0) is 42.9 Å². The third kappa shape index (κ3) is 6.96. The first-order valence-corrected chi connectivity index (χ1v) is 8.18. The van der Waals surface area contributed by atoms with Crippen LogP contribution in [0, 0.1) is 5.92 Å². The Morgan fingerprint density at radius 1 is 1.14 bits per heavy atom. The molecule has 1 rings (SSSR count). The van der Waals surface area contributed by atoms with Crippen molar-refractivity contribution in [1.82, 2.24) is 0 Å². The van der Waals surface area contributed by atoms with Crippen LogP contribution in [0.5, 0.6) is 5.75 Å². The minimum absolute atomic E-state index is 0.0770. The Kier molecular flexibility index (Phi) is 9.11. The van der Waals surface area contributed by atoms with Gasteiger partial charge >= 0.3 is 0 Å². The Hall–Kier alpha value is -1.06. The zero-order valence-corrected chi connectivity index (χ0v) is 13.8. The summed E-state index contributed by atoms with van der Waals surface area (Å²) in [6, 6.07) is 8.28. The molecule has 0 fully saturated rings. The molecule has 1 aromatic carbocycles. The van der Waals surface area contributed by atoms with Gasteiger partial charge in [0.1, 0.15) is 5.75 Å². The summed E-state index contributed by atoms with van der Waals surface area (Å²) in [6.07, 6.45) is 5.84. The van der Waals surface area contributed by atoms with Gasteiger partial charge in [-0.15, -0.1) is 0 Å². The molecule has 1 aromatic rings. The SMILES string of the molecule is CCCC(CCC)COc1cccc(C[C@H](CN)OC)c1. The molecule has 0 aliphatic heterocycles. The highest BCUT2D eigenvalue weighted by Crippen LogP contribution is 2.19. The molecule has 0 aliphatic carbocycles. The van der Waals surface area contributed by atoms with Crippen LogP contribution in [-0.4, -0.2) is 26.4 Å². The molecular weight excluding hydrogens is 262 g/mol. The molecule has 0 bridgehead atoms. The van der Waals surface area contributed by atoms with E-state index in [1.54, 1.807) is 7.11 Å². The van der Waals surface area contributed by atoms with E-state index in [0.29, 0.717) is 12.5 Å². The summed E-state index contributed by atoms with van der Waals surface area (Å²) in [5, 5.41) is 0. The van der Waals surface area contributed by atoms with Crippen LogP contribution in [0.1, 0.15) is 45.1 Å². The van der Waals surface area contributed by atoms with Crippen molar-refractivity contribution in [3.8, 4) is 5.75 Å². The Labute approximate surface area is 129 Å². The number of hydrogen-bond donors (Lipinski definition) is 1. The van der Waals surface area contributed by atoms with E-state index in [2.05, 4.69) is 26.0 Å². The van der Waals surface area contributed by atoms with E-state index >= 15 is 0 Å². The average molecular weight is 293 g/mol. The molecule has 21 heavy (non-hydrogen) atoms. The molecule has 120 valence electrons. The third-order valence-electron chi connectivity index (χ3n) is 3.84. The first-order chi connectivity index (χ1) is 10.2. The maximum Gasteiger partial charge on any atom is 0.119 e. The molecule has 0 heterocycles. The van der Waals surface area contributed by atoms with Crippen LogP contribution >= 0.6 is 0 Å². The molecule has 3 nitrogen and oxygen atoms in total. The Bertz CT molecular complexity index is 371. The molecule has 0 aliphatic rings. The highest BCUT2D eigenvalue weighted by molar-refractivity contribution is 5.29. The molecule has 0 aromatic heterocycles. The summed E-state index contributed by atoms with van der Waals surface area (Å²) in [5.74, 6) is 1.62. The van der Waals surface area contributed by atoms with E-state index in [1.165, 1.54) is 31.2 Å². The molecule has 1 atom stereocenters. The van der Waals surface area contributed by atoms with Gasteiger partial charge in [0, 0.05) is 13.7 Å². The van der Waals surface area contributed by atoms with Gasteiger partial charge in [-0.3, -0.25) is 0 Å². The van der Waals surface area contributed by atoms with Crippen LogP contribution < -0.4 is 10.5 Å². The van der Waals surface area contributed by atoms with Gasteiger partial charge in [0.2, 0.25) is 0 Å². The maximum atomic E-state index is 5.99. The molecule has 0 saturated heterocycles. The van der Waals surface area contributed by atoms with Crippen molar-refractivity contribution in [1.29, 1.82) is 0 Å². The summed E-state index contributed by atoms with van der Waals surface area (Å²) >= 11 is 0. The number of methoxy groups -OCH3 is 1. The van der Waals surface area contributed by atoms with Crippen molar-refractivity contribution in [2.45, 2.75) is 52.1 Å². The fourth-order valence-corrected chi connectivity index (χ4v) is 2.63. The normalized spacial score (nSPS) is 12.6. The molecule has 0 spiro atoms. The van der Waals surface area contributed by atoms with Gasteiger partial charge in [-0.1, -0.05) is 38.8 Å². The van der Waals surface area contributed by atoms with Crippen molar-refractivity contribution >= 4 is 0 Å². The zero-order chi connectivity index (χ0) is 15.5. The predicted molar refractivity (Wildman–Crippen MR) is 88.8 cm³/mol. The van der Waals surface area contributed by atoms with Gasteiger partial charge in [0.05, 0.1) is 12.7 Å². The number of hydrogen-bond acceptors (Lipinski definition) is 3. The largest absolute Gasteiger partial charge is 0.493 e. The first-order valence-electron chi connectivity index (χ1n) is 8.18. The number of benzene rings is 1. The molecule has 0 amide bonds. The quantitative estimate of drug-likeness (QED) is 0.675. The summed E-state index contributed by atoms with van der Waals surface area (Å²) in [5.41, 5.74) is 6.89. The minimum atomic E-state index is 0.0770. The van der Waals surface area contributed by atoms with E-state index in [1.807, 2.05) is 12.1 Å². The molecule has 0 radical (unpaired) electrons. The monoisotopic (exact) mass is 293 g/mol. The highest BCUT2D eigenvalue weighted by Gasteiger charge is 2.09. The van der Waals surface area contributed by atoms with E-state index < -0.39 is 0 Å². The van der Waals surface area contributed by atoms with E-state index in [4.69, 9.17) is 15.2 Å².